The molecular formula is C11H8BrN3O4S. The van der Waals surface area contributed by atoms with Gasteiger partial charge in [-0.15, -0.1) is 0 Å². The standard InChI is InChI=1S/C11H8BrN3O4S/c12-10-7-13-6-5-11(10)14-20(18,19)9-3-1-8(2-4-9)15(16)17/h1-7H,(H,13,14). The van der Waals surface area contributed by atoms with Crippen LogP contribution in [-0.4, -0.2) is 18.3 Å². The third kappa shape index (κ3) is 3.11. The molecule has 1 aromatic heterocycles. The maximum atomic E-state index is 12.1. The second-order valence-corrected chi connectivity index (χ2v) is 6.25. The van der Waals surface area contributed by atoms with Crippen LogP contribution in [0.1, 0.15) is 0 Å². The highest BCUT2D eigenvalue weighted by molar-refractivity contribution is 9.10. The van der Waals surface area contributed by atoms with Crippen LogP contribution in [0.2, 0.25) is 0 Å². The largest absolute Gasteiger partial charge is 0.278 e. The normalized spacial score (nSPS) is 11.1. The van der Waals surface area contributed by atoms with Crippen molar-refractivity contribution in [1.82, 2.24) is 4.98 Å². The molecule has 0 saturated carbocycles. The SMILES string of the molecule is O=[N+]([O-])c1ccc(S(=O)(=O)Nc2ccncc2Br)cc1. The lowest BCUT2D eigenvalue weighted by atomic mass is 10.3. The zero-order valence-electron chi connectivity index (χ0n) is 9.86. The van der Waals surface area contributed by atoms with Crippen molar-refractivity contribution in [3.63, 3.8) is 0 Å². The molecule has 7 nitrogen and oxygen atoms in total. The zero-order valence-corrected chi connectivity index (χ0v) is 12.3. The van der Waals surface area contributed by atoms with Gasteiger partial charge >= 0.3 is 0 Å². The molecule has 2 aromatic rings. The highest BCUT2D eigenvalue weighted by Crippen LogP contribution is 2.24. The van der Waals surface area contributed by atoms with E-state index in [1.165, 1.54) is 30.6 Å². The van der Waals surface area contributed by atoms with E-state index in [-0.39, 0.29) is 10.6 Å². The number of hydrogen-bond donors (Lipinski definition) is 1. The second kappa shape index (κ2) is 5.55. The molecule has 0 bridgehead atoms. The first kappa shape index (κ1) is 14.4. The minimum atomic E-state index is -3.81. The summed E-state index contributed by atoms with van der Waals surface area (Å²) in [7, 11) is -3.81. The Morgan fingerprint density at radius 3 is 2.40 bits per heavy atom. The third-order valence-corrected chi connectivity index (χ3v) is 4.39. The molecule has 2 rings (SSSR count). The quantitative estimate of drug-likeness (QED) is 0.668. The summed E-state index contributed by atoms with van der Waals surface area (Å²) in [5.41, 5.74) is 0.160. The Labute approximate surface area is 123 Å². The fraction of sp³-hybridized carbons (Fsp3) is 0. The van der Waals surface area contributed by atoms with E-state index in [2.05, 4.69) is 25.6 Å². The van der Waals surface area contributed by atoms with Crippen LogP contribution in [0.4, 0.5) is 11.4 Å². The average Bonchev–Trinajstić information content (AvgIpc) is 2.41. The van der Waals surface area contributed by atoms with E-state index in [0.29, 0.717) is 10.2 Å². The maximum Gasteiger partial charge on any atom is 0.269 e. The van der Waals surface area contributed by atoms with Gasteiger partial charge in [-0.25, -0.2) is 8.42 Å². The Balaban J connectivity index is 2.31. The number of pyridine rings is 1. The smallest absolute Gasteiger partial charge is 0.269 e. The number of halogens is 1. The van der Waals surface area contributed by atoms with Crippen LogP contribution in [0, 0.1) is 10.1 Å². The number of non-ortho nitro benzene ring substituents is 1. The van der Waals surface area contributed by atoms with Crippen molar-refractivity contribution in [2.45, 2.75) is 4.90 Å². The third-order valence-electron chi connectivity index (χ3n) is 2.37. The first-order chi connectivity index (χ1) is 9.40. The van der Waals surface area contributed by atoms with Gasteiger partial charge in [0, 0.05) is 24.5 Å². The van der Waals surface area contributed by atoms with Crippen LogP contribution in [0.25, 0.3) is 0 Å². The lowest BCUT2D eigenvalue weighted by Gasteiger charge is -2.09. The molecule has 0 spiro atoms. The predicted molar refractivity (Wildman–Crippen MR) is 75.8 cm³/mol. The van der Waals surface area contributed by atoms with Gasteiger partial charge in [0.05, 0.1) is 20.0 Å². The molecule has 0 saturated heterocycles. The lowest BCUT2D eigenvalue weighted by molar-refractivity contribution is -0.384. The summed E-state index contributed by atoms with van der Waals surface area (Å²) in [5.74, 6) is 0. The Morgan fingerprint density at radius 1 is 1.20 bits per heavy atom. The van der Waals surface area contributed by atoms with E-state index in [4.69, 9.17) is 0 Å². The maximum absolute atomic E-state index is 12.1. The molecule has 0 atom stereocenters. The van der Waals surface area contributed by atoms with Crippen molar-refractivity contribution < 1.29 is 13.3 Å². The summed E-state index contributed by atoms with van der Waals surface area (Å²) in [6.07, 6.45) is 2.89. The summed E-state index contributed by atoms with van der Waals surface area (Å²) < 4.78 is 27.1. The van der Waals surface area contributed by atoms with Gasteiger partial charge in [-0.1, -0.05) is 0 Å². The van der Waals surface area contributed by atoms with Gasteiger partial charge in [-0.3, -0.25) is 19.8 Å². The first-order valence-corrected chi connectivity index (χ1v) is 7.54. The molecule has 0 radical (unpaired) electrons. The molecule has 104 valence electrons. The number of anilines is 1. The molecular weight excluding hydrogens is 350 g/mol. The van der Waals surface area contributed by atoms with Gasteiger partial charge in [0.2, 0.25) is 0 Å². The van der Waals surface area contributed by atoms with Crippen LogP contribution >= 0.6 is 15.9 Å². The van der Waals surface area contributed by atoms with Gasteiger partial charge in [0.1, 0.15) is 0 Å². The molecule has 9 heteroatoms. The molecule has 1 heterocycles. The van der Waals surface area contributed by atoms with Gasteiger partial charge in [0.15, 0.2) is 0 Å². The molecule has 0 unspecified atom stereocenters. The summed E-state index contributed by atoms with van der Waals surface area (Å²) in [4.78, 5) is 13.7. The average molecular weight is 358 g/mol. The van der Waals surface area contributed by atoms with Crippen LogP contribution in [0.5, 0.6) is 0 Å². The summed E-state index contributed by atoms with van der Waals surface area (Å²) in [6.45, 7) is 0. The van der Waals surface area contributed by atoms with Gasteiger partial charge in [-0.05, 0) is 34.1 Å². The van der Waals surface area contributed by atoms with Crippen LogP contribution < -0.4 is 4.72 Å². The number of nitrogens with zero attached hydrogens (tertiary/aromatic N) is 2. The van der Waals surface area contributed by atoms with Crippen molar-refractivity contribution >= 4 is 37.3 Å². The lowest BCUT2D eigenvalue weighted by Crippen LogP contribution is -2.13. The highest BCUT2D eigenvalue weighted by Gasteiger charge is 2.17. The monoisotopic (exact) mass is 357 g/mol. The molecule has 1 aromatic carbocycles. The topological polar surface area (TPSA) is 102 Å². The van der Waals surface area contributed by atoms with Gasteiger partial charge in [-0.2, -0.15) is 0 Å². The van der Waals surface area contributed by atoms with Crippen molar-refractivity contribution in [3.05, 3.63) is 57.3 Å². The van der Waals surface area contributed by atoms with E-state index in [1.54, 1.807) is 0 Å². The molecule has 0 amide bonds. The fourth-order valence-electron chi connectivity index (χ4n) is 1.41. The molecule has 0 fully saturated rings. The van der Waals surface area contributed by atoms with E-state index in [0.717, 1.165) is 12.1 Å². The number of rotatable bonds is 4. The van der Waals surface area contributed by atoms with E-state index < -0.39 is 14.9 Å². The first-order valence-electron chi connectivity index (χ1n) is 5.27. The predicted octanol–water partition coefficient (Wildman–Crippen LogP) is 2.55. The molecule has 1 N–H and O–H groups in total. The van der Waals surface area contributed by atoms with Crippen molar-refractivity contribution in [2.24, 2.45) is 0 Å². The summed E-state index contributed by atoms with van der Waals surface area (Å²) in [6, 6.07) is 6.12. The number of sulfonamides is 1. The Morgan fingerprint density at radius 2 is 1.85 bits per heavy atom. The number of nitro benzene ring substituents is 1. The summed E-state index contributed by atoms with van der Waals surface area (Å²) in [5, 5.41) is 10.5. The number of aromatic nitrogens is 1. The van der Waals surface area contributed by atoms with Crippen molar-refractivity contribution in [1.29, 1.82) is 0 Å². The van der Waals surface area contributed by atoms with E-state index in [1.807, 2.05) is 0 Å². The van der Waals surface area contributed by atoms with Crippen molar-refractivity contribution in [2.75, 3.05) is 4.72 Å². The minimum Gasteiger partial charge on any atom is -0.278 e. The van der Waals surface area contributed by atoms with Gasteiger partial charge < -0.3 is 0 Å². The summed E-state index contributed by atoms with van der Waals surface area (Å²) >= 11 is 3.17. The second-order valence-electron chi connectivity index (χ2n) is 3.71. The fourth-order valence-corrected chi connectivity index (χ4v) is 2.97. The Kier molecular flexibility index (Phi) is 4.00. The molecule has 0 aliphatic rings. The molecule has 0 aliphatic heterocycles. The molecule has 0 aliphatic carbocycles. The number of nitro groups is 1. The minimum absolute atomic E-state index is 0.0631. The Bertz CT molecular complexity index is 747. The Hall–Kier alpha value is -2.00. The van der Waals surface area contributed by atoms with E-state index >= 15 is 0 Å². The van der Waals surface area contributed by atoms with Crippen LogP contribution in [0.3, 0.4) is 0 Å². The number of benzene rings is 1. The van der Waals surface area contributed by atoms with Crippen LogP contribution in [-0.2, 0) is 10.0 Å². The zero-order chi connectivity index (χ0) is 14.8. The van der Waals surface area contributed by atoms with E-state index in [9.17, 15) is 18.5 Å². The van der Waals surface area contributed by atoms with Crippen LogP contribution in [0.15, 0.2) is 52.1 Å². The highest BCUT2D eigenvalue weighted by atomic mass is 79.9. The van der Waals surface area contributed by atoms with Gasteiger partial charge in [0.25, 0.3) is 15.7 Å². The van der Waals surface area contributed by atoms with Crippen molar-refractivity contribution in [3.8, 4) is 0 Å². The number of hydrogen-bond acceptors (Lipinski definition) is 5. The number of nitrogens with one attached hydrogen (secondary N) is 1. The molecule has 20 heavy (non-hydrogen) atoms.